The molecule has 0 atom stereocenters. The number of hydrogen-bond acceptors (Lipinski definition) is 3. The number of pyridine rings is 1. The number of ether oxygens (including phenoxy) is 1. The van der Waals surface area contributed by atoms with Gasteiger partial charge in [0.15, 0.2) is 5.82 Å². The van der Waals surface area contributed by atoms with Gasteiger partial charge in [0.05, 0.1) is 29.6 Å². The van der Waals surface area contributed by atoms with Gasteiger partial charge in [-0.05, 0) is 24.3 Å². The van der Waals surface area contributed by atoms with E-state index in [2.05, 4.69) is 10.1 Å². The minimum atomic E-state index is -4.57. The van der Waals surface area contributed by atoms with Gasteiger partial charge in [-0.1, -0.05) is 11.6 Å². The molecule has 0 fully saturated rings. The molecule has 0 N–H and O–H groups in total. The van der Waals surface area contributed by atoms with Gasteiger partial charge >= 0.3 is 6.18 Å². The summed E-state index contributed by atoms with van der Waals surface area (Å²) in [5.41, 5.74) is -0.518. The number of nitrogens with zero attached hydrogens (tertiary/aromatic N) is 3. The minimum absolute atomic E-state index is 0.0371. The van der Waals surface area contributed by atoms with E-state index in [9.17, 15) is 17.6 Å². The van der Waals surface area contributed by atoms with Crippen LogP contribution in [0.3, 0.4) is 0 Å². The first-order valence-electron chi connectivity index (χ1n) is 6.92. The Balaban J connectivity index is 2.09. The van der Waals surface area contributed by atoms with Crippen molar-refractivity contribution in [3.63, 3.8) is 0 Å². The standard InChI is InChI=1S/C16H10ClF4N3O/c1-25-10-2-3-11(13(18)7-10)14-4-5-23-24(14)15-12(17)6-9(8-22-15)16(19,20)21/h2-8H,1H3. The van der Waals surface area contributed by atoms with Gasteiger partial charge in [-0.3, -0.25) is 0 Å². The van der Waals surface area contributed by atoms with Crippen LogP contribution in [0.25, 0.3) is 17.1 Å². The molecule has 9 heteroatoms. The van der Waals surface area contributed by atoms with Crippen LogP contribution in [0.1, 0.15) is 5.56 Å². The van der Waals surface area contributed by atoms with Crippen LogP contribution in [0, 0.1) is 5.82 Å². The lowest BCUT2D eigenvalue weighted by molar-refractivity contribution is -0.137. The molecule has 0 aliphatic rings. The summed E-state index contributed by atoms with van der Waals surface area (Å²) >= 11 is 5.94. The van der Waals surface area contributed by atoms with E-state index in [0.29, 0.717) is 11.9 Å². The molecule has 0 unspecified atom stereocenters. The van der Waals surface area contributed by atoms with Crippen molar-refractivity contribution < 1.29 is 22.3 Å². The summed E-state index contributed by atoms with van der Waals surface area (Å²) in [6.45, 7) is 0. The highest BCUT2D eigenvalue weighted by atomic mass is 35.5. The number of alkyl halides is 3. The molecule has 0 radical (unpaired) electrons. The Hall–Kier alpha value is -2.61. The fraction of sp³-hybridized carbons (Fsp3) is 0.125. The van der Waals surface area contributed by atoms with Crippen LogP contribution >= 0.6 is 11.6 Å². The van der Waals surface area contributed by atoms with Crippen LogP contribution < -0.4 is 4.74 Å². The summed E-state index contributed by atoms with van der Waals surface area (Å²) in [7, 11) is 1.41. The van der Waals surface area contributed by atoms with E-state index in [4.69, 9.17) is 16.3 Å². The molecule has 1 aromatic carbocycles. The predicted octanol–water partition coefficient (Wildman–Crippen LogP) is 4.75. The van der Waals surface area contributed by atoms with Crippen molar-refractivity contribution in [1.29, 1.82) is 0 Å². The fourth-order valence-electron chi connectivity index (χ4n) is 2.25. The van der Waals surface area contributed by atoms with Crippen LogP contribution in [0.5, 0.6) is 5.75 Å². The molecule has 25 heavy (non-hydrogen) atoms. The quantitative estimate of drug-likeness (QED) is 0.623. The molecule has 0 spiro atoms. The van der Waals surface area contributed by atoms with Crippen molar-refractivity contribution in [2.24, 2.45) is 0 Å². The normalized spacial score (nSPS) is 11.6. The Morgan fingerprint density at radius 3 is 2.52 bits per heavy atom. The van der Waals surface area contributed by atoms with E-state index in [1.165, 1.54) is 36.2 Å². The number of benzene rings is 1. The molecular formula is C16H10ClF4N3O. The minimum Gasteiger partial charge on any atom is -0.497 e. The van der Waals surface area contributed by atoms with Gasteiger partial charge in [-0.25, -0.2) is 14.1 Å². The second-order valence-electron chi connectivity index (χ2n) is 5.00. The number of rotatable bonds is 3. The van der Waals surface area contributed by atoms with Crippen molar-refractivity contribution in [3.05, 3.63) is 59.1 Å². The molecule has 0 saturated heterocycles. The average Bonchev–Trinajstić information content (AvgIpc) is 3.02. The Morgan fingerprint density at radius 2 is 1.92 bits per heavy atom. The lowest BCUT2D eigenvalue weighted by atomic mass is 10.1. The summed E-state index contributed by atoms with van der Waals surface area (Å²) in [6.07, 6.45) is -2.55. The van der Waals surface area contributed by atoms with Crippen molar-refractivity contribution in [2.45, 2.75) is 6.18 Å². The molecule has 0 aliphatic carbocycles. The van der Waals surface area contributed by atoms with E-state index >= 15 is 0 Å². The number of halogens is 5. The molecule has 4 nitrogen and oxygen atoms in total. The third-order valence-electron chi connectivity index (χ3n) is 3.44. The Bertz CT molecular complexity index is 924. The maximum absolute atomic E-state index is 14.3. The molecule has 3 aromatic rings. The van der Waals surface area contributed by atoms with Crippen LogP contribution in [0.2, 0.25) is 5.02 Å². The lowest BCUT2D eigenvalue weighted by Gasteiger charge is -2.12. The summed E-state index contributed by atoms with van der Waals surface area (Å²) in [5.74, 6) is -0.285. The molecule has 0 amide bonds. The number of aromatic nitrogens is 3. The summed E-state index contributed by atoms with van der Waals surface area (Å²) < 4.78 is 58.6. The highest BCUT2D eigenvalue weighted by molar-refractivity contribution is 6.32. The predicted molar refractivity (Wildman–Crippen MR) is 83.3 cm³/mol. The van der Waals surface area contributed by atoms with Gasteiger partial charge in [0, 0.05) is 17.8 Å². The zero-order valence-electron chi connectivity index (χ0n) is 12.7. The zero-order chi connectivity index (χ0) is 18.2. The molecule has 0 saturated carbocycles. The van der Waals surface area contributed by atoms with E-state index in [1.807, 2.05) is 0 Å². The van der Waals surface area contributed by atoms with Crippen molar-refractivity contribution in [2.75, 3.05) is 7.11 Å². The first-order valence-corrected chi connectivity index (χ1v) is 7.30. The monoisotopic (exact) mass is 371 g/mol. The Labute approximate surface area is 144 Å². The Kier molecular flexibility index (Phi) is 4.38. The topological polar surface area (TPSA) is 39.9 Å². The molecule has 3 rings (SSSR count). The maximum atomic E-state index is 14.3. The third-order valence-corrected chi connectivity index (χ3v) is 3.72. The van der Waals surface area contributed by atoms with Crippen LogP contribution in [0.4, 0.5) is 17.6 Å². The second-order valence-corrected chi connectivity index (χ2v) is 5.41. The highest BCUT2D eigenvalue weighted by Crippen LogP contribution is 2.33. The SMILES string of the molecule is COc1ccc(-c2ccnn2-c2ncc(C(F)(F)F)cc2Cl)c(F)c1. The first-order chi connectivity index (χ1) is 11.8. The van der Waals surface area contributed by atoms with Crippen molar-refractivity contribution in [1.82, 2.24) is 14.8 Å². The third kappa shape index (κ3) is 3.30. The van der Waals surface area contributed by atoms with E-state index in [0.717, 1.165) is 6.07 Å². The maximum Gasteiger partial charge on any atom is 0.417 e. The average molecular weight is 372 g/mol. The number of hydrogen-bond donors (Lipinski definition) is 0. The van der Waals surface area contributed by atoms with Crippen molar-refractivity contribution in [3.8, 4) is 22.8 Å². The number of methoxy groups -OCH3 is 1. The molecule has 0 aliphatic heterocycles. The summed E-state index contributed by atoms with van der Waals surface area (Å²) in [4.78, 5) is 3.74. The smallest absolute Gasteiger partial charge is 0.417 e. The molecule has 2 heterocycles. The van der Waals surface area contributed by atoms with Crippen LogP contribution in [-0.4, -0.2) is 21.9 Å². The fourth-order valence-corrected chi connectivity index (χ4v) is 2.49. The van der Waals surface area contributed by atoms with Gasteiger partial charge in [-0.15, -0.1) is 0 Å². The molecule has 0 bridgehead atoms. The highest BCUT2D eigenvalue weighted by Gasteiger charge is 2.32. The van der Waals surface area contributed by atoms with Crippen LogP contribution in [-0.2, 0) is 6.18 Å². The summed E-state index contributed by atoms with van der Waals surface area (Å²) in [6, 6.07) is 6.46. The lowest BCUT2D eigenvalue weighted by Crippen LogP contribution is -2.09. The Morgan fingerprint density at radius 1 is 1.16 bits per heavy atom. The van der Waals surface area contributed by atoms with Gasteiger partial charge in [0.2, 0.25) is 0 Å². The van der Waals surface area contributed by atoms with Gasteiger partial charge in [-0.2, -0.15) is 18.3 Å². The zero-order valence-corrected chi connectivity index (χ0v) is 13.4. The van der Waals surface area contributed by atoms with E-state index in [1.54, 1.807) is 6.07 Å². The molecule has 130 valence electrons. The van der Waals surface area contributed by atoms with Gasteiger partial charge < -0.3 is 4.74 Å². The largest absolute Gasteiger partial charge is 0.497 e. The second kappa shape index (κ2) is 6.36. The summed E-state index contributed by atoms with van der Waals surface area (Å²) in [5, 5.41) is 3.73. The van der Waals surface area contributed by atoms with E-state index in [-0.39, 0.29) is 22.1 Å². The molecular weight excluding hydrogens is 362 g/mol. The van der Waals surface area contributed by atoms with E-state index < -0.39 is 17.6 Å². The van der Waals surface area contributed by atoms with Gasteiger partial charge in [0.1, 0.15) is 11.6 Å². The van der Waals surface area contributed by atoms with Gasteiger partial charge in [0.25, 0.3) is 0 Å². The van der Waals surface area contributed by atoms with Crippen molar-refractivity contribution >= 4 is 11.6 Å². The van der Waals surface area contributed by atoms with Crippen LogP contribution in [0.15, 0.2) is 42.7 Å². The molecule has 2 aromatic heterocycles. The first kappa shape index (κ1) is 17.2.